The highest BCUT2D eigenvalue weighted by molar-refractivity contribution is 7.91. The van der Waals surface area contributed by atoms with Gasteiger partial charge in [0, 0.05) is 41.9 Å². The summed E-state index contributed by atoms with van der Waals surface area (Å²) in [7, 11) is -3.94. The summed E-state index contributed by atoms with van der Waals surface area (Å²) < 4.78 is 48.4. The van der Waals surface area contributed by atoms with Crippen LogP contribution in [0.5, 0.6) is 0 Å². The van der Waals surface area contributed by atoms with Crippen LogP contribution in [0.3, 0.4) is 0 Å². The van der Waals surface area contributed by atoms with E-state index in [1.54, 1.807) is 12.1 Å². The topological polar surface area (TPSA) is 192 Å². The monoisotopic (exact) mass is 818 g/mol. The Morgan fingerprint density at radius 2 is 1.72 bits per heavy atom. The highest BCUT2D eigenvalue weighted by Gasteiger charge is 2.71. The Balaban J connectivity index is 0.933. The van der Waals surface area contributed by atoms with Gasteiger partial charge in [0.1, 0.15) is 40.9 Å². The lowest BCUT2D eigenvalue weighted by molar-refractivity contribution is -0.140. The van der Waals surface area contributed by atoms with Crippen LogP contribution in [0.25, 0.3) is 0 Å². The molecule has 0 radical (unpaired) electrons. The van der Waals surface area contributed by atoms with Crippen molar-refractivity contribution < 1.29 is 36.7 Å². The molecule has 6 fully saturated rings. The Morgan fingerprint density at radius 3 is 2.43 bits per heavy atom. The number of halogens is 1. The number of carbonyl (C=O) groups excluding carboxylic acids is 4. The van der Waals surface area contributed by atoms with E-state index in [0.717, 1.165) is 38.5 Å². The zero-order chi connectivity index (χ0) is 40.3. The number of allylic oxidation sites excluding steroid dienone is 1. The summed E-state index contributed by atoms with van der Waals surface area (Å²) in [6.45, 7) is -0.0733. The van der Waals surface area contributed by atoms with Gasteiger partial charge < -0.3 is 25.2 Å². The number of hydrogen-bond donors (Lipinski definition) is 3. The second kappa shape index (κ2) is 13.4. The highest BCUT2D eigenvalue weighted by Crippen LogP contribution is 2.69. The normalized spacial score (nSPS) is 34.6. The van der Waals surface area contributed by atoms with Crippen molar-refractivity contribution in [2.24, 2.45) is 11.3 Å². The van der Waals surface area contributed by atoms with E-state index in [1.807, 2.05) is 12.2 Å². The van der Waals surface area contributed by atoms with E-state index in [0.29, 0.717) is 48.9 Å². The number of benzene rings is 1. The first kappa shape index (κ1) is 37.5. The third-order valence-corrected chi connectivity index (χ3v) is 16.3. The van der Waals surface area contributed by atoms with Crippen LogP contribution in [-0.2, 0) is 42.2 Å². The largest absolute Gasteiger partial charge is 0.444 e. The third-order valence-electron chi connectivity index (χ3n) is 14.5. The second-order valence-corrected chi connectivity index (χ2v) is 19.8. The number of anilines is 2. The fraction of sp³-hybridized carbons (Fsp3) is 0.610. The molecule has 58 heavy (non-hydrogen) atoms. The lowest BCUT2D eigenvalue weighted by Crippen LogP contribution is -2.83. The smallest absolute Gasteiger partial charge is 0.410 e. The molecule has 2 aromatic carbocycles. The number of fused-ring (bicyclic) bond motifs is 3. The van der Waals surface area contributed by atoms with Gasteiger partial charge in [-0.3, -0.25) is 33.6 Å². The average Bonchev–Trinajstić information content (AvgIpc) is 4.05. The maximum atomic E-state index is 14.8. The SMILES string of the molecule is O=C1N[C@]2(C(=O)NS(=O)(=O)C3CC3)C[C@H]2/C=C\CCCCC[C@H](Nc2c(N3C4CCC45CCC35)c(=O)c2=O)C(=O)N2C[C@H](OC(=O)N3Cc4cccc(F)c4C3)C[C@@H]12. The number of carbonyl (C=O) groups is 4. The summed E-state index contributed by atoms with van der Waals surface area (Å²) in [4.78, 5) is 87.6. The minimum absolute atomic E-state index is 0.00748. The molecule has 0 aromatic heterocycles. The number of ether oxygens (including phenoxy) is 1. The van der Waals surface area contributed by atoms with Crippen molar-refractivity contribution in [3.63, 3.8) is 0 Å². The van der Waals surface area contributed by atoms with Gasteiger partial charge >= 0.3 is 6.09 Å². The second-order valence-electron chi connectivity index (χ2n) is 17.8. The number of nitrogens with one attached hydrogen (secondary N) is 3. The Morgan fingerprint density at radius 1 is 0.948 bits per heavy atom. The van der Waals surface area contributed by atoms with Crippen LogP contribution in [-0.4, -0.2) is 89.6 Å². The van der Waals surface area contributed by atoms with Crippen LogP contribution >= 0.6 is 0 Å². The molecule has 10 rings (SSSR count). The summed E-state index contributed by atoms with van der Waals surface area (Å²) in [5, 5.41) is 5.33. The number of hydrogen-bond acceptors (Lipinski definition) is 11. The van der Waals surface area contributed by atoms with Crippen molar-refractivity contribution in [3.05, 3.63) is 67.7 Å². The Bertz CT molecular complexity index is 2320. The van der Waals surface area contributed by atoms with Crippen molar-refractivity contribution in [1.29, 1.82) is 0 Å². The van der Waals surface area contributed by atoms with E-state index < -0.39 is 85.4 Å². The average molecular weight is 819 g/mol. The molecule has 4 heterocycles. The van der Waals surface area contributed by atoms with Gasteiger partial charge in [-0.25, -0.2) is 17.6 Å². The summed E-state index contributed by atoms with van der Waals surface area (Å²) >= 11 is 0. The molecule has 2 aromatic rings. The molecule has 8 aliphatic rings. The molecular formula is C41H47FN6O9S. The standard InChI is InChI=1S/C41H47FN6O9S/c42-27-9-6-7-22-19-46(21-26(22)27)39(54)57-24-17-29-36(51)44-41(38(53)45-58(55,56)25-11-12-25)18-23(41)8-4-2-1-3-5-10-28(37(52)47(29)20-24)43-32-33(35(50)34(32)49)48-30-13-15-40(30)16-14-31(40)48/h4,6-9,23-25,28-31,43H,1-3,5,10-21H2,(H,44,51)(H,45,53)/b8-4-/t23-,24-,28+,29+,30?,31?,40?,41-/m1/s1. The molecule has 0 bridgehead atoms. The van der Waals surface area contributed by atoms with E-state index in [2.05, 4.69) is 20.3 Å². The van der Waals surface area contributed by atoms with Crippen molar-refractivity contribution in [2.75, 3.05) is 16.8 Å². The first-order valence-electron chi connectivity index (χ1n) is 20.8. The Kier molecular flexibility index (Phi) is 8.63. The van der Waals surface area contributed by atoms with E-state index in [-0.39, 0.29) is 55.7 Å². The van der Waals surface area contributed by atoms with E-state index in [1.165, 1.54) is 15.9 Å². The number of rotatable bonds is 7. The maximum absolute atomic E-state index is 14.8. The van der Waals surface area contributed by atoms with Crippen LogP contribution in [0.15, 0.2) is 39.9 Å². The van der Waals surface area contributed by atoms with Crippen LogP contribution in [0, 0.1) is 17.2 Å². The van der Waals surface area contributed by atoms with Crippen molar-refractivity contribution in [2.45, 2.75) is 138 Å². The zero-order valence-corrected chi connectivity index (χ0v) is 32.9. The number of amides is 4. The minimum atomic E-state index is -3.94. The van der Waals surface area contributed by atoms with E-state index in [9.17, 15) is 41.6 Å². The fourth-order valence-corrected chi connectivity index (χ4v) is 12.1. The quantitative estimate of drug-likeness (QED) is 0.275. The van der Waals surface area contributed by atoms with E-state index in [4.69, 9.17) is 4.74 Å². The van der Waals surface area contributed by atoms with Gasteiger partial charge in [-0.2, -0.15) is 0 Å². The summed E-state index contributed by atoms with van der Waals surface area (Å²) in [5.41, 5.74) is -1.09. The molecule has 3 N–H and O–H groups in total. The van der Waals surface area contributed by atoms with Gasteiger partial charge in [0.05, 0.1) is 18.3 Å². The van der Waals surface area contributed by atoms with Gasteiger partial charge in [0.2, 0.25) is 21.8 Å². The zero-order valence-electron chi connectivity index (χ0n) is 32.0. The van der Waals surface area contributed by atoms with Crippen LogP contribution in [0.1, 0.15) is 94.6 Å². The molecule has 2 unspecified atom stereocenters. The summed E-state index contributed by atoms with van der Waals surface area (Å²) in [6, 6.07) is 2.80. The highest BCUT2D eigenvalue weighted by atomic mass is 32.2. The molecule has 15 nitrogen and oxygen atoms in total. The molecule has 17 heteroatoms. The van der Waals surface area contributed by atoms with Crippen LogP contribution < -0.4 is 31.1 Å². The van der Waals surface area contributed by atoms with Crippen molar-refractivity contribution in [1.82, 2.24) is 19.8 Å². The molecule has 4 aliphatic heterocycles. The minimum Gasteiger partial charge on any atom is -0.444 e. The molecule has 1 spiro atoms. The lowest BCUT2D eigenvalue weighted by Gasteiger charge is -2.77. The van der Waals surface area contributed by atoms with Gasteiger partial charge in [-0.1, -0.05) is 37.1 Å². The molecule has 4 saturated carbocycles. The molecule has 4 aliphatic carbocycles. The predicted octanol–water partition coefficient (Wildman–Crippen LogP) is 2.46. The van der Waals surface area contributed by atoms with Gasteiger partial charge in [-0.05, 0) is 75.8 Å². The van der Waals surface area contributed by atoms with Crippen LogP contribution in [0.2, 0.25) is 0 Å². The molecular weight excluding hydrogens is 772 g/mol. The first-order chi connectivity index (χ1) is 27.8. The Hall–Kier alpha value is -4.80. The molecule has 4 amide bonds. The fourth-order valence-electron chi connectivity index (χ4n) is 10.8. The molecule has 7 atom stereocenters. The summed E-state index contributed by atoms with van der Waals surface area (Å²) in [5.74, 6) is -3.01. The first-order valence-corrected chi connectivity index (χ1v) is 22.3. The molecule has 2 saturated heterocycles. The lowest BCUT2D eigenvalue weighted by atomic mass is 9.42. The Labute approximate surface area is 334 Å². The number of sulfonamides is 1. The van der Waals surface area contributed by atoms with Gasteiger partial charge in [0.25, 0.3) is 16.8 Å². The van der Waals surface area contributed by atoms with Crippen molar-refractivity contribution >= 4 is 45.2 Å². The number of piperidine rings is 2. The summed E-state index contributed by atoms with van der Waals surface area (Å²) in [6.07, 6.45) is 10.1. The van der Waals surface area contributed by atoms with E-state index >= 15 is 0 Å². The number of nitrogens with zero attached hydrogens (tertiary/aromatic N) is 3. The van der Waals surface area contributed by atoms with Crippen LogP contribution in [0.4, 0.5) is 20.6 Å². The maximum Gasteiger partial charge on any atom is 0.410 e. The van der Waals surface area contributed by atoms with Crippen molar-refractivity contribution in [3.8, 4) is 0 Å². The van der Waals surface area contributed by atoms with Gasteiger partial charge in [-0.15, -0.1) is 0 Å². The van der Waals surface area contributed by atoms with Gasteiger partial charge in [0.15, 0.2) is 0 Å². The third kappa shape index (κ3) is 5.80. The predicted molar refractivity (Wildman–Crippen MR) is 207 cm³/mol. The molecule has 308 valence electrons.